The number of halogens is 2. The number of benzene rings is 2. The van der Waals surface area contributed by atoms with Crippen LogP contribution in [0.25, 0.3) is 6.08 Å². The molecule has 0 atom stereocenters. The van der Waals surface area contributed by atoms with Gasteiger partial charge < -0.3 is 18.9 Å². The van der Waals surface area contributed by atoms with Crippen molar-refractivity contribution in [3.63, 3.8) is 0 Å². The summed E-state index contributed by atoms with van der Waals surface area (Å²) in [5.74, 6) is -1.26. The van der Waals surface area contributed by atoms with Crippen molar-refractivity contribution in [1.29, 1.82) is 0 Å². The normalized spacial score (nSPS) is 10.8. The van der Waals surface area contributed by atoms with E-state index in [1.165, 1.54) is 44.6 Å². The van der Waals surface area contributed by atoms with E-state index in [0.717, 1.165) is 18.2 Å². The molecule has 0 aromatic heterocycles. The van der Waals surface area contributed by atoms with Gasteiger partial charge in [-0.3, -0.25) is 10.1 Å². The molecule has 0 saturated carbocycles. The summed E-state index contributed by atoms with van der Waals surface area (Å²) in [6.07, 6.45) is 2.08. The zero-order valence-electron chi connectivity index (χ0n) is 14.8. The first kappa shape index (κ1) is 20.6. The standard InChI is InChI=1S/C18H15F2NO7/c1-25-12-7-8-14(13(10-12)21(23)24)27-16(22)9-6-11-4-3-5-15(26-2)17(11)28-18(19)20/h3-10,18H,1-2H3/b9-6+. The molecule has 0 spiro atoms. The maximum Gasteiger partial charge on any atom is 0.387 e. The van der Waals surface area contributed by atoms with Crippen molar-refractivity contribution in [2.75, 3.05) is 14.2 Å². The number of hydrogen-bond acceptors (Lipinski definition) is 7. The fourth-order valence-electron chi connectivity index (χ4n) is 2.19. The van der Waals surface area contributed by atoms with E-state index in [1.807, 2.05) is 0 Å². The molecule has 10 heteroatoms. The number of methoxy groups -OCH3 is 2. The number of para-hydroxylation sites is 1. The van der Waals surface area contributed by atoms with Crippen LogP contribution >= 0.6 is 0 Å². The lowest BCUT2D eigenvalue weighted by atomic mass is 10.1. The summed E-state index contributed by atoms with van der Waals surface area (Å²) in [6, 6.07) is 8.03. The minimum Gasteiger partial charge on any atom is -0.496 e. The molecule has 2 rings (SSSR count). The Morgan fingerprint density at radius 2 is 1.89 bits per heavy atom. The summed E-state index contributed by atoms with van der Waals surface area (Å²) in [6.45, 7) is -3.10. The molecule has 0 aliphatic rings. The minimum absolute atomic E-state index is 0.0432. The van der Waals surface area contributed by atoms with Crippen molar-refractivity contribution in [2.24, 2.45) is 0 Å². The van der Waals surface area contributed by atoms with E-state index >= 15 is 0 Å². The van der Waals surface area contributed by atoms with E-state index in [-0.39, 0.29) is 28.6 Å². The van der Waals surface area contributed by atoms with E-state index in [9.17, 15) is 23.7 Å². The van der Waals surface area contributed by atoms with E-state index in [2.05, 4.69) is 4.74 Å². The number of esters is 1. The van der Waals surface area contributed by atoms with Gasteiger partial charge in [-0.1, -0.05) is 12.1 Å². The Balaban J connectivity index is 2.25. The molecular formula is C18H15F2NO7. The SMILES string of the molecule is COc1ccc(OC(=O)/C=C/c2cccc(OC)c2OC(F)F)c([N+](=O)[O-])c1. The van der Waals surface area contributed by atoms with Crippen molar-refractivity contribution in [2.45, 2.75) is 6.61 Å². The molecule has 0 saturated heterocycles. The first-order valence-corrected chi connectivity index (χ1v) is 7.69. The van der Waals surface area contributed by atoms with Gasteiger partial charge in [0.05, 0.1) is 25.2 Å². The van der Waals surface area contributed by atoms with Crippen LogP contribution in [0.3, 0.4) is 0 Å². The predicted octanol–water partition coefficient (Wildman–Crippen LogP) is 3.83. The maximum absolute atomic E-state index is 12.6. The van der Waals surface area contributed by atoms with Crippen LogP contribution < -0.4 is 18.9 Å². The third-order valence-corrected chi connectivity index (χ3v) is 3.41. The first-order valence-electron chi connectivity index (χ1n) is 7.69. The lowest BCUT2D eigenvalue weighted by Gasteiger charge is -2.12. The van der Waals surface area contributed by atoms with Gasteiger partial charge in [0.15, 0.2) is 11.5 Å². The second kappa shape index (κ2) is 9.31. The summed E-state index contributed by atoms with van der Waals surface area (Å²) in [7, 11) is 2.61. The van der Waals surface area contributed by atoms with Crippen LogP contribution in [0.1, 0.15) is 5.56 Å². The fourth-order valence-corrected chi connectivity index (χ4v) is 2.19. The Kier molecular flexibility index (Phi) is 6.85. The van der Waals surface area contributed by atoms with Crippen LogP contribution in [0.2, 0.25) is 0 Å². The Morgan fingerprint density at radius 1 is 1.14 bits per heavy atom. The molecule has 8 nitrogen and oxygen atoms in total. The highest BCUT2D eigenvalue weighted by Gasteiger charge is 2.19. The van der Waals surface area contributed by atoms with E-state index < -0.39 is 23.2 Å². The largest absolute Gasteiger partial charge is 0.496 e. The van der Waals surface area contributed by atoms with Gasteiger partial charge in [-0.25, -0.2) is 4.79 Å². The Morgan fingerprint density at radius 3 is 2.50 bits per heavy atom. The molecule has 2 aromatic rings. The summed E-state index contributed by atoms with van der Waals surface area (Å²) in [4.78, 5) is 22.4. The Labute approximate surface area is 158 Å². The van der Waals surface area contributed by atoms with Gasteiger partial charge in [0.2, 0.25) is 5.75 Å². The Hall–Kier alpha value is -3.69. The number of carbonyl (C=O) groups is 1. The minimum atomic E-state index is -3.10. The Bertz CT molecular complexity index is 899. The van der Waals surface area contributed by atoms with Gasteiger partial charge in [-0.15, -0.1) is 0 Å². The smallest absolute Gasteiger partial charge is 0.387 e. The molecule has 0 bridgehead atoms. The quantitative estimate of drug-likeness (QED) is 0.220. The average Bonchev–Trinajstić information content (AvgIpc) is 2.66. The number of ether oxygens (including phenoxy) is 4. The van der Waals surface area contributed by atoms with Crippen molar-refractivity contribution < 1.29 is 37.4 Å². The topological polar surface area (TPSA) is 97.1 Å². The monoisotopic (exact) mass is 395 g/mol. The number of carbonyl (C=O) groups excluding carboxylic acids is 1. The van der Waals surface area contributed by atoms with Crippen LogP contribution in [0, 0.1) is 10.1 Å². The highest BCUT2D eigenvalue weighted by atomic mass is 19.3. The summed E-state index contributed by atoms with van der Waals surface area (Å²) < 4.78 is 44.5. The first-order chi connectivity index (χ1) is 13.3. The molecular weight excluding hydrogens is 380 g/mol. The summed E-state index contributed by atoms with van der Waals surface area (Å²) >= 11 is 0. The van der Waals surface area contributed by atoms with Crippen molar-refractivity contribution in [3.8, 4) is 23.0 Å². The van der Waals surface area contributed by atoms with Gasteiger partial charge in [0.25, 0.3) is 0 Å². The van der Waals surface area contributed by atoms with Crippen molar-refractivity contribution >= 4 is 17.7 Å². The third kappa shape index (κ3) is 5.16. The molecule has 0 amide bonds. The second-order valence-electron chi connectivity index (χ2n) is 5.10. The van der Waals surface area contributed by atoms with Crippen LogP contribution in [0.15, 0.2) is 42.5 Å². The highest BCUT2D eigenvalue weighted by Crippen LogP contribution is 2.34. The van der Waals surface area contributed by atoms with Gasteiger partial charge in [0, 0.05) is 11.6 Å². The number of hydrogen-bond donors (Lipinski definition) is 0. The third-order valence-electron chi connectivity index (χ3n) is 3.41. The molecule has 0 heterocycles. The van der Waals surface area contributed by atoms with Gasteiger partial charge in [0.1, 0.15) is 5.75 Å². The lowest BCUT2D eigenvalue weighted by Crippen LogP contribution is -2.07. The van der Waals surface area contributed by atoms with Crippen molar-refractivity contribution in [1.82, 2.24) is 0 Å². The number of nitro groups is 1. The van der Waals surface area contributed by atoms with E-state index in [0.29, 0.717) is 0 Å². The molecule has 0 radical (unpaired) electrons. The molecule has 0 aliphatic carbocycles. The molecule has 0 N–H and O–H groups in total. The van der Waals surface area contributed by atoms with Gasteiger partial charge in [-0.2, -0.15) is 8.78 Å². The predicted molar refractivity (Wildman–Crippen MR) is 93.9 cm³/mol. The second-order valence-corrected chi connectivity index (χ2v) is 5.10. The van der Waals surface area contributed by atoms with Crippen molar-refractivity contribution in [3.05, 3.63) is 58.2 Å². The molecule has 0 fully saturated rings. The van der Waals surface area contributed by atoms with E-state index in [1.54, 1.807) is 0 Å². The fraction of sp³-hybridized carbons (Fsp3) is 0.167. The zero-order valence-corrected chi connectivity index (χ0v) is 14.8. The molecule has 2 aromatic carbocycles. The summed E-state index contributed by atoms with van der Waals surface area (Å²) in [5.41, 5.74) is -0.343. The highest BCUT2D eigenvalue weighted by molar-refractivity contribution is 5.90. The number of nitro benzene ring substituents is 1. The van der Waals surface area contributed by atoms with Gasteiger partial charge >= 0.3 is 18.3 Å². The van der Waals surface area contributed by atoms with Crippen LogP contribution in [-0.2, 0) is 4.79 Å². The average molecular weight is 395 g/mol. The zero-order chi connectivity index (χ0) is 20.7. The van der Waals surface area contributed by atoms with Crippen LogP contribution in [0.5, 0.6) is 23.0 Å². The number of rotatable bonds is 8. The lowest BCUT2D eigenvalue weighted by molar-refractivity contribution is -0.385. The van der Waals surface area contributed by atoms with Crippen LogP contribution in [-0.4, -0.2) is 31.7 Å². The molecule has 0 unspecified atom stereocenters. The summed E-state index contributed by atoms with van der Waals surface area (Å²) in [5, 5.41) is 11.1. The van der Waals surface area contributed by atoms with Gasteiger partial charge in [-0.05, 0) is 24.3 Å². The van der Waals surface area contributed by atoms with E-state index in [4.69, 9.17) is 14.2 Å². The number of nitrogens with zero attached hydrogens (tertiary/aromatic N) is 1. The molecule has 0 aliphatic heterocycles. The molecule has 148 valence electrons. The molecule has 28 heavy (non-hydrogen) atoms. The van der Waals surface area contributed by atoms with Crippen LogP contribution in [0.4, 0.5) is 14.5 Å². The number of alkyl halides is 2. The maximum atomic E-state index is 12.6.